The molecule has 0 unspecified atom stereocenters. The number of aromatic nitrogens is 2. The molecule has 0 saturated carbocycles. The predicted molar refractivity (Wildman–Crippen MR) is 65.2 cm³/mol. The summed E-state index contributed by atoms with van der Waals surface area (Å²) >= 11 is 0. The van der Waals surface area contributed by atoms with E-state index in [0.717, 1.165) is 22.6 Å². The molecule has 0 atom stereocenters. The molecule has 3 rings (SSSR count). The summed E-state index contributed by atoms with van der Waals surface area (Å²) in [6, 6.07) is 13.8. The van der Waals surface area contributed by atoms with Crippen LogP contribution in [-0.4, -0.2) is 9.97 Å². The summed E-state index contributed by atoms with van der Waals surface area (Å²) in [7, 11) is 0. The van der Waals surface area contributed by atoms with Crippen molar-refractivity contribution in [2.75, 3.05) is 0 Å². The Bertz CT molecular complexity index is 603. The van der Waals surface area contributed by atoms with Gasteiger partial charge in [-0.05, 0) is 17.7 Å². The van der Waals surface area contributed by atoms with E-state index in [2.05, 4.69) is 9.97 Å². The Morgan fingerprint density at radius 1 is 0.941 bits per heavy atom. The molecular weight excluding hydrogens is 212 g/mol. The second kappa shape index (κ2) is 4.22. The molecule has 2 heterocycles. The van der Waals surface area contributed by atoms with Crippen molar-refractivity contribution >= 4 is 0 Å². The zero-order valence-electron chi connectivity index (χ0n) is 9.08. The van der Waals surface area contributed by atoms with Gasteiger partial charge in [0, 0.05) is 11.8 Å². The molecule has 0 aliphatic rings. The molecule has 0 N–H and O–H groups in total. The highest BCUT2D eigenvalue weighted by Gasteiger charge is 2.10. The quantitative estimate of drug-likeness (QED) is 0.667. The van der Waals surface area contributed by atoms with Gasteiger partial charge in [-0.3, -0.25) is 0 Å². The van der Waals surface area contributed by atoms with Crippen LogP contribution in [0.4, 0.5) is 0 Å². The average Bonchev–Trinajstić information content (AvgIpc) is 2.94. The van der Waals surface area contributed by atoms with Gasteiger partial charge in [-0.15, -0.1) is 0 Å². The molecule has 0 radical (unpaired) electrons. The van der Waals surface area contributed by atoms with E-state index in [1.165, 1.54) is 6.33 Å². The summed E-state index contributed by atoms with van der Waals surface area (Å²) in [5.74, 6) is 0.756. The van der Waals surface area contributed by atoms with Crippen molar-refractivity contribution in [2.24, 2.45) is 0 Å². The van der Waals surface area contributed by atoms with Crippen LogP contribution >= 0.6 is 0 Å². The fraction of sp³-hybridized carbons (Fsp3) is 0. The summed E-state index contributed by atoms with van der Waals surface area (Å²) in [6.07, 6.45) is 4.98. The first-order valence-corrected chi connectivity index (χ1v) is 5.34. The molecule has 0 aliphatic heterocycles. The molecule has 0 amide bonds. The molecular formula is C14H10N2O. The lowest BCUT2D eigenvalue weighted by molar-refractivity contribution is 0.580. The monoisotopic (exact) mass is 222 g/mol. The maximum absolute atomic E-state index is 5.39. The molecule has 0 aliphatic carbocycles. The largest absolute Gasteiger partial charge is 0.463 e. The van der Waals surface area contributed by atoms with E-state index < -0.39 is 0 Å². The van der Waals surface area contributed by atoms with Crippen LogP contribution in [0.3, 0.4) is 0 Å². The second-order valence-electron chi connectivity index (χ2n) is 3.63. The Morgan fingerprint density at radius 2 is 1.82 bits per heavy atom. The molecule has 0 spiro atoms. The van der Waals surface area contributed by atoms with E-state index in [1.54, 1.807) is 12.5 Å². The van der Waals surface area contributed by atoms with E-state index in [-0.39, 0.29) is 0 Å². The molecule has 2 aromatic heterocycles. The van der Waals surface area contributed by atoms with E-state index in [0.29, 0.717) is 0 Å². The second-order valence-corrected chi connectivity index (χ2v) is 3.63. The third-order valence-corrected chi connectivity index (χ3v) is 2.55. The number of nitrogens with zero attached hydrogens (tertiary/aromatic N) is 2. The van der Waals surface area contributed by atoms with E-state index in [4.69, 9.17) is 4.42 Å². The lowest BCUT2D eigenvalue weighted by Crippen LogP contribution is -1.89. The van der Waals surface area contributed by atoms with E-state index in [1.807, 2.05) is 42.5 Å². The van der Waals surface area contributed by atoms with Gasteiger partial charge in [0.15, 0.2) is 5.76 Å². The van der Waals surface area contributed by atoms with Crippen molar-refractivity contribution in [3.63, 3.8) is 0 Å². The predicted octanol–water partition coefficient (Wildman–Crippen LogP) is 3.40. The summed E-state index contributed by atoms with van der Waals surface area (Å²) in [4.78, 5) is 8.37. The Hall–Kier alpha value is -2.42. The standard InChI is InChI=1S/C14H10N2O/c1-2-5-11(6-3-1)12-9-15-10-16-14(12)13-7-4-8-17-13/h1-10H. The molecule has 0 bridgehead atoms. The fourth-order valence-corrected chi connectivity index (χ4v) is 1.77. The summed E-state index contributed by atoms with van der Waals surface area (Å²) in [6.45, 7) is 0. The van der Waals surface area contributed by atoms with Crippen LogP contribution in [0.15, 0.2) is 65.7 Å². The van der Waals surface area contributed by atoms with Crippen LogP contribution in [0.25, 0.3) is 22.6 Å². The average molecular weight is 222 g/mol. The van der Waals surface area contributed by atoms with Crippen LogP contribution in [0.2, 0.25) is 0 Å². The Morgan fingerprint density at radius 3 is 2.59 bits per heavy atom. The number of hydrogen-bond donors (Lipinski definition) is 0. The minimum absolute atomic E-state index is 0.756. The lowest BCUT2D eigenvalue weighted by atomic mass is 10.0. The normalized spacial score (nSPS) is 10.4. The highest BCUT2D eigenvalue weighted by atomic mass is 16.3. The number of furan rings is 1. The summed E-state index contributed by atoms with van der Waals surface area (Å²) < 4.78 is 5.39. The first-order valence-electron chi connectivity index (χ1n) is 5.34. The van der Waals surface area contributed by atoms with Gasteiger partial charge in [0.25, 0.3) is 0 Å². The molecule has 1 aromatic carbocycles. The third kappa shape index (κ3) is 1.83. The van der Waals surface area contributed by atoms with Gasteiger partial charge in [0.05, 0.1) is 6.26 Å². The van der Waals surface area contributed by atoms with Gasteiger partial charge in [0.2, 0.25) is 0 Å². The van der Waals surface area contributed by atoms with Gasteiger partial charge in [-0.1, -0.05) is 30.3 Å². The van der Waals surface area contributed by atoms with Crippen molar-refractivity contribution < 1.29 is 4.42 Å². The lowest BCUT2D eigenvalue weighted by Gasteiger charge is -2.05. The first kappa shape index (κ1) is 9.78. The van der Waals surface area contributed by atoms with Crippen LogP contribution in [0.5, 0.6) is 0 Å². The van der Waals surface area contributed by atoms with Gasteiger partial charge < -0.3 is 4.42 Å². The minimum Gasteiger partial charge on any atom is -0.463 e. The molecule has 3 aromatic rings. The van der Waals surface area contributed by atoms with Gasteiger partial charge in [0.1, 0.15) is 12.0 Å². The van der Waals surface area contributed by atoms with Gasteiger partial charge in [-0.2, -0.15) is 0 Å². The van der Waals surface area contributed by atoms with Crippen LogP contribution in [0, 0.1) is 0 Å². The summed E-state index contributed by atoms with van der Waals surface area (Å²) in [5, 5.41) is 0. The summed E-state index contributed by atoms with van der Waals surface area (Å²) in [5.41, 5.74) is 2.87. The SMILES string of the molecule is c1ccc(-c2cncnc2-c2ccco2)cc1. The van der Waals surface area contributed by atoms with E-state index in [9.17, 15) is 0 Å². The first-order chi connectivity index (χ1) is 8.45. The Balaban J connectivity index is 2.18. The topological polar surface area (TPSA) is 38.9 Å². The number of hydrogen-bond acceptors (Lipinski definition) is 3. The van der Waals surface area contributed by atoms with Crippen molar-refractivity contribution in [3.05, 3.63) is 61.3 Å². The number of rotatable bonds is 2. The van der Waals surface area contributed by atoms with Crippen molar-refractivity contribution in [3.8, 4) is 22.6 Å². The van der Waals surface area contributed by atoms with Gasteiger partial charge in [-0.25, -0.2) is 9.97 Å². The van der Waals surface area contributed by atoms with Crippen molar-refractivity contribution in [1.29, 1.82) is 0 Å². The Labute approximate surface area is 98.8 Å². The highest BCUT2D eigenvalue weighted by Crippen LogP contribution is 2.29. The van der Waals surface area contributed by atoms with Crippen molar-refractivity contribution in [1.82, 2.24) is 9.97 Å². The van der Waals surface area contributed by atoms with E-state index >= 15 is 0 Å². The molecule has 0 saturated heterocycles. The third-order valence-electron chi connectivity index (χ3n) is 2.55. The smallest absolute Gasteiger partial charge is 0.152 e. The maximum atomic E-state index is 5.39. The zero-order chi connectivity index (χ0) is 11.5. The van der Waals surface area contributed by atoms with Crippen LogP contribution in [0.1, 0.15) is 0 Å². The van der Waals surface area contributed by atoms with Crippen molar-refractivity contribution in [2.45, 2.75) is 0 Å². The van der Waals surface area contributed by atoms with Crippen LogP contribution in [-0.2, 0) is 0 Å². The minimum atomic E-state index is 0.756. The fourth-order valence-electron chi connectivity index (χ4n) is 1.77. The molecule has 3 nitrogen and oxygen atoms in total. The molecule has 17 heavy (non-hydrogen) atoms. The van der Waals surface area contributed by atoms with Crippen LogP contribution < -0.4 is 0 Å². The molecule has 0 fully saturated rings. The Kier molecular flexibility index (Phi) is 2.43. The highest BCUT2D eigenvalue weighted by molar-refractivity contribution is 5.77. The maximum Gasteiger partial charge on any atom is 0.152 e. The molecule has 82 valence electrons. The zero-order valence-corrected chi connectivity index (χ0v) is 9.08. The number of benzene rings is 1. The molecule has 3 heteroatoms. The van der Waals surface area contributed by atoms with Gasteiger partial charge >= 0.3 is 0 Å².